The maximum atomic E-state index is 14.0. The quantitative estimate of drug-likeness (QED) is 0.0363. The molecule has 0 amide bonds. The molecule has 13 atom stereocenters. The van der Waals surface area contributed by atoms with Crippen molar-refractivity contribution in [2.75, 3.05) is 24.7 Å². The number of rotatable bonds is 11. The van der Waals surface area contributed by atoms with Gasteiger partial charge >= 0.3 is 61.6 Å². The first-order valence-electron chi connectivity index (χ1n) is 31.3. The van der Waals surface area contributed by atoms with E-state index in [1.54, 1.807) is 6.55 Å². The first-order valence-corrected chi connectivity index (χ1v) is 48.7. The minimum absolute atomic E-state index is 0.137. The second-order valence-electron chi connectivity index (χ2n) is 30.5. The van der Waals surface area contributed by atoms with Crippen molar-refractivity contribution >= 4 is 101 Å². The normalized spacial score (nSPS) is 36.9. The topological polar surface area (TPSA) is 189 Å². The lowest BCUT2D eigenvalue weighted by molar-refractivity contribution is 0.0807. The summed E-state index contributed by atoms with van der Waals surface area (Å²) in [5.41, 5.74) is 5.88. The molecule has 15 aliphatic rings. The summed E-state index contributed by atoms with van der Waals surface area (Å²) >= 11 is 9.08. The lowest BCUT2D eigenvalue weighted by Crippen LogP contribution is -2.68. The van der Waals surface area contributed by atoms with E-state index in [1.807, 2.05) is 6.92 Å². The number of benzene rings is 4. The van der Waals surface area contributed by atoms with E-state index in [2.05, 4.69) is 163 Å². The van der Waals surface area contributed by atoms with Crippen molar-refractivity contribution in [3.8, 4) is 17.2 Å². The van der Waals surface area contributed by atoms with Crippen LogP contribution in [0, 0.1) is 0 Å². The standard InChI is InChI=1S/C61H86O16S2Si8/c1-35-53-55-57-56-54-36(2)81(15,63)72-85(54,67-19-17-21-79)74-83(56,65)76-86(57,75-82(55,64)73-84(53,66-18-16-20-78)71-80(35,13)14)77-87-68-50-39-22-37-26-45(58(3,4)5)27-38(49(37)34-62)23-40-31-48-33-44(51(40)69-87)25-42-29-46(59(6,7)8)28-41(52(42)70-87)24-43(50)32-47(30-39)60(9,10)61(48,11)12/h26-36,53-57,63-65,78-79H,16-25H2,1-15H3/t35?,36-,53+,54-,55+,56-,57+,81?,82?,83?,84?,85?,86?/m0/s1. The average molecular weight is 1360 g/mol. The van der Waals surface area contributed by atoms with Gasteiger partial charge in [-0.15, -0.1) is 0 Å². The third-order valence-electron chi connectivity index (χ3n) is 22.2. The van der Waals surface area contributed by atoms with Crippen LogP contribution in [0.5, 0.6) is 17.2 Å². The van der Waals surface area contributed by atoms with Crippen LogP contribution in [0.15, 0.2) is 48.5 Å². The van der Waals surface area contributed by atoms with Crippen LogP contribution in [-0.4, -0.2) is 115 Å². The van der Waals surface area contributed by atoms with Gasteiger partial charge in [0.2, 0.25) is 0 Å². The van der Waals surface area contributed by atoms with E-state index in [-0.39, 0.29) is 23.0 Å². The maximum Gasteiger partial charge on any atom is 0.885 e. The van der Waals surface area contributed by atoms with Gasteiger partial charge in [0, 0.05) is 77.7 Å². The largest absolute Gasteiger partial charge is 0.885 e. The van der Waals surface area contributed by atoms with Gasteiger partial charge in [-0.25, -0.2) is 0 Å². The summed E-state index contributed by atoms with van der Waals surface area (Å²) in [6.07, 6.45) is 3.65. The highest BCUT2D eigenvalue weighted by Gasteiger charge is 2.97. The van der Waals surface area contributed by atoms with Crippen LogP contribution in [0.3, 0.4) is 0 Å². The highest BCUT2D eigenvalue weighted by Crippen LogP contribution is 2.82. The second-order valence-corrected chi connectivity index (χ2v) is 55.9. The molecule has 14 bridgehead atoms. The minimum Gasteiger partial charge on any atom is -0.462 e. The first kappa shape index (κ1) is 62.4. The van der Waals surface area contributed by atoms with Crippen LogP contribution in [-0.2, 0) is 85.0 Å². The van der Waals surface area contributed by atoms with Crippen molar-refractivity contribution in [2.24, 2.45) is 0 Å². The zero-order chi connectivity index (χ0) is 62.2. The van der Waals surface area contributed by atoms with Crippen molar-refractivity contribution in [3.05, 3.63) is 121 Å². The molecule has 4 aromatic carbocycles. The van der Waals surface area contributed by atoms with Gasteiger partial charge in [0.05, 0.1) is 0 Å². The number of thiol groups is 2. The number of aldehydes is 1. The average Bonchev–Trinajstić information content (AvgIpc) is 1.47. The molecule has 0 radical (unpaired) electrons. The molecule has 470 valence electrons. The Morgan fingerprint density at radius 2 is 0.897 bits per heavy atom. The zero-order valence-electron chi connectivity index (χ0n) is 52.9. The molecule has 4 aromatic rings. The highest BCUT2D eigenvalue weighted by atomic mass is 32.1. The highest BCUT2D eigenvalue weighted by molar-refractivity contribution is 7.80. The second kappa shape index (κ2) is 20.0. The summed E-state index contributed by atoms with van der Waals surface area (Å²) in [7, 11) is -33.6. The fourth-order valence-corrected chi connectivity index (χ4v) is 63.2. The van der Waals surface area contributed by atoms with Crippen molar-refractivity contribution in [2.45, 2.75) is 202 Å². The van der Waals surface area contributed by atoms with E-state index in [9.17, 15) is 19.2 Å². The fraction of sp³-hybridized carbons (Fsp3) is 0.590. The van der Waals surface area contributed by atoms with Crippen LogP contribution in [0.4, 0.5) is 0 Å². The molecule has 0 saturated carbocycles. The third kappa shape index (κ3) is 9.16. The molecule has 19 rings (SSSR count). The van der Waals surface area contributed by atoms with Crippen molar-refractivity contribution in [3.63, 3.8) is 0 Å². The Hall–Kier alpha value is -2.09. The maximum absolute atomic E-state index is 14.0. The van der Waals surface area contributed by atoms with Crippen molar-refractivity contribution < 1.29 is 70.1 Å². The first-order chi connectivity index (χ1) is 40.5. The van der Waals surface area contributed by atoms with E-state index in [0.717, 1.165) is 73.0 Å². The molecule has 26 heteroatoms. The Morgan fingerprint density at radius 3 is 1.30 bits per heavy atom. The van der Waals surface area contributed by atoms with Gasteiger partial charge in [0.25, 0.3) is 0 Å². The Balaban J connectivity index is 1.07. The SMILES string of the molecule is CC1[C@@H]2[C@@H]3[C@@H]4[C@@H]5[C@@H]6[C@H](C)[Si](C)(O)O[Si]6(OCCCS)O[Si]5(O)O[Si]4(O[Si]45Oc6c7cc8cc6Cc6cc(C(C)(C)C)cc(c6O4)Cc4cc(cc(c4O5)Cc4cc(C(C)(C)C)cc(c4C=O)C7)C(C)(C)C8(C)C)O[Si]3(O)O[Si]2(OCCCS)O[Si]1(C)C. The molecule has 13 heterocycles. The molecule has 3 N–H and O–H groups in total. The van der Waals surface area contributed by atoms with Crippen LogP contribution in [0.2, 0.25) is 58.4 Å². The van der Waals surface area contributed by atoms with Gasteiger partial charge in [0.1, 0.15) is 17.2 Å². The molecule has 6 saturated heterocycles. The van der Waals surface area contributed by atoms with E-state index in [4.69, 9.17) is 50.9 Å². The Morgan fingerprint density at radius 1 is 0.529 bits per heavy atom. The van der Waals surface area contributed by atoms with E-state index in [1.165, 1.54) is 0 Å². The van der Waals surface area contributed by atoms with E-state index < -0.39 is 114 Å². The summed E-state index contributed by atoms with van der Waals surface area (Å²) in [6.45, 7) is 33.4. The van der Waals surface area contributed by atoms with Crippen LogP contribution in [0.1, 0.15) is 173 Å². The molecule has 0 spiro atoms. The number of hydrogen-bond acceptors (Lipinski definition) is 18. The molecular formula is C61H86O16S2Si8. The van der Waals surface area contributed by atoms with Gasteiger partial charge in [-0.2, -0.15) is 25.3 Å². The Bertz CT molecular complexity index is 3390. The molecule has 0 aromatic heterocycles. The number of carbonyl (C=O) groups excluding carboxylic acids is 1. The number of hydrogen-bond donors (Lipinski definition) is 5. The molecule has 2 aliphatic carbocycles. The summed E-state index contributed by atoms with van der Waals surface area (Å²) in [6, 6.07) is 18.0. The molecule has 13 aliphatic heterocycles. The van der Waals surface area contributed by atoms with E-state index >= 15 is 0 Å². The summed E-state index contributed by atoms with van der Waals surface area (Å²) < 4.78 is 89.6. The molecule has 87 heavy (non-hydrogen) atoms. The molecule has 16 nitrogen and oxygen atoms in total. The Kier molecular flexibility index (Phi) is 14.3. The molecular weight excluding hydrogens is 1280 g/mol. The monoisotopic (exact) mass is 1360 g/mol. The summed E-state index contributed by atoms with van der Waals surface area (Å²) in [5, 5.41) is 0. The van der Waals surface area contributed by atoms with Gasteiger partial charge in [-0.3, -0.25) is 4.79 Å². The molecule has 7 unspecified atom stereocenters. The summed E-state index contributed by atoms with van der Waals surface area (Å²) in [4.78, 5) is 54.4. The van der Waals surface area contributed by atoms with Gasteiger partial charge in [-0.05, 0) is 138 Å². The predicted molar refractivity (Wildman–Crippen MR) is 352 cm³/mol. The number of fused-ring (bicyclic) bond motifs is 9. The lowest BCUT2D eigenvalue weighted by Gasteiger charge is -2.43. The minimum atomic E-state index is -5.15. The summed E-state index contributed by atoms with van der Waals surface area (Å²) in [5.74, 6) is 2.64. The number of carbonyl (C=O) groups is 1. The zero-order valence-corrected chi connectivity index (χ0v) is 62.6. The smallest absolute Gasteiger partial charge is 0.462 e. The van der Waals surface area contributed by atoms with Crippen molar-refractivity contribution in [1.82, 2.24) is 0 Å². The van der Waals surface area contributed by atoms with Gasteiger partial charge < -0.3 is 65.3 Å². The lowest BCUT2D eigenvalue weighted by atomic mass is 9.60. The molecule has 6 fully saturated rings. The van der Waals surface area contributed by atoms with Gasteiger partial charge in [-0.1, -0.05) is 132 Å². The van der Waals surface area contributed by atoms with Crippen LogP contribution in [0.25, 0.3) is 0 Å². The van der Waals surface area contributed by atoms with Crippen LogP contribution < -0.4 is 13.3 Å². The predicted octanol–water partition coefficient (Wildman–Crippen LogP) is 11.4. The Labute approximate surface area is 532 Å². The van der Waals surface area contributed by atoms with Gasteiger partial charge in [0.15, 0.2) is 14.6 Å². The van der Waals surface area contributed by atoms with E-state index in [0.29, 0.717) is 79.4 Å². The van der Waals surface area contributed by atoms with Crippen LogP contribution >= 0.6 is 25.3 Å². The van der Waals surface area contributed by atoms with Crippen molar-refractivity contribution in [1.29, 1.82) is 0 Å². The fourth-order valence-electron chi connectivity index (χ4n) is 16.3. The third-order valence-corrected chi connectivity index (χ3v) is 57.4.